The Hall–Kier alpha value is -0.940. The Bertz CT molecular complexity index is 393. The molecule has 1 aliphatic heterocycles. The van der Waals surface area contributed by atoms with Crippen LogP contribution in [0.2, 0.25) is 0 Å². The zero-order chi connectivity index (χ0) is 12.4. The molecule has 1 aliphatic carbocycles. The summed E-state index contributed by atoms with van der Waals surface area (Å²) in [6.07, 6.45) is 6.00. The lowest BCUT2D eigenvalue weighted by Crippen LogP contribution is -2.35. The molecular formula is C13H21N3O2. The van der Waals surface area contributed by atoms with Gasteiger partial charge in [-0.3, -0.25) is 0 Å². The van der Waals surface area contributed by atoms with Crippen LogP contribution in [0.3, 0.4) is 0 Å². The van der Waals surface area contributed by atoms with Crippen LogP contribution in [0, 0.1) is 0 Å². The lowest BCUT2D eigenvalue weighted by Gasteiger charge is -2.22. The van der Waals surface area contributed by atoms with Crippen LogP contribution in [0.4, 0.5) is 0 Å². The fourth-order valence-corrected chi connectivity index (χ4v) is 3.09. The number of nitrogens with one attached hydrogen (secondary N) is 1. The molecule has 5 nitrogen and oxygen atoms in total. The molecule has 0 spiro atoms. The van der Waals surface area contributed by atoms with Gasteiger partial charge in [0, 0.05) is 12.0 Å². The molecule has 0 radical (unpaired) electrons. The van der Waals surface area contributed by atoms with Crippen molar-refractivity contribution in [2.24, 2.45) is 0 Å². The van der Waals surface area contributed by atoms with E-state index in [-0.39, 0.29) is 11.5 Å². The molecule has 2 heterocycles. The second-order valence-electron chi connectivity index (χ2n) is 5.38. The molecule has 1 N–H and O–H groups in total. The second-order valence-corrected chi connectivity index (χ2v) is 5.38. The number of hydrogen-bond donors (Lipinski definition) is 1. The van der Waals surface area contributed by atoms with Crippen LogP contribution in [0.25, 0.3) is 0 Å². The van der Waals surface area contributed by atoms with Crippen LogP contribution in [0.1, 0.15) is 56.8 Å². The first-order chi connectivity index (χ1) is 8.84. The Kier molecular flexibility index (Phi) is 3.35. The summed E-state index contributed by atoms with van der Waals surface area (Å²) in [5, 5.41) is 7.51. The van der Waals surface area contributed by atoms with Crippen molar-refractivity contribution in [1.29, 1.82) is 0 Å². The predicted octanol–water partition coefficient (Wildman–Crippen LogP) is 1.95. The Morgan fingerprint density at radius 3 is 2.89 bits per heavy atom. The summed E-state index contributed by atoms with van der Waals surface area (Å²) in [4.78, 5) is 4.64. The smallest absolute Gasteiger partial charge is 0.232 e. The molecule has 1 atom stereocenters. The molecule has 1 aromatic heterocycles. The van der Waals surface area contributed by atoms with E-state index in [1.165, 1.54) is 25.7 Å². The summed E-state index contributed by atoms with van der Waals surface area (Å²) in [7, 11) is 0. The first-order valence-corrected chi connectivity index (χ1v) is 6.99. The molecule has 18 heavy (non-hydrogen) atoms. The zero-order valence-corrected chi connectivity index (χ0v) is 10.9. The van der Waals surface area contributed by atoms with Crippen LogP contribution in [-0.2, 0) is 10.2 Å². The van der Waals surface area contributed by atoms with E-state index in [2.05, 4.69) is 22.4 Å². The van der Waals surface area contributed by atoms with Crippen molar-refractivity contribution in [3.63, 3.8) is 0 Å². The van der Waals surface area contributed by atoms with Crippen LogP contribution in [0.5, 0.6) is 0 Å². The van der Waals surface area contributed by atoms with E-state index in [0.717, 1.165) is 31.3 Å². The van der Waals surface area contributed by atoms with Gasteiger partial charge in [0.05, 0.1) is 19.3 Å². The Labute approximate surface area is 107 Å². The quantitative estimate of drug-likeness (QED) is 0.889. The van der Waals surface area contributed by atoms with Gasteiger partial charge >= 0.3 is 0 Å². The van der Waals surface area contributed by atoms with E-state index in [0.29, 0.717) is 6.61 Å². The number of aromatic nitrogens is 2. The maximum Gasteiger partial charge on any atom is 0.232 e. The van der Waals surface area contributed by atoms with Gasteiger partial charge in [-0.25, -0.2) is 0 Å². The average molecular weight is 251 g/mol. The van der Waals surface area contributed by atoms with Crippen molar-refractivity contribution in [2.45, 2.75) is 50.5 Å². The van der Waals surface area contributed by atoms with E-state index in [9.17, 15) is 0 Å². The topological polar surface area (TPSA) is 60.2 Å². The third kappa shape index (κ3) is 2.06. The van der Waals surface area contributed by atoms with E-state index < -0.39 is 0 Å². The molecule has 1 saturated carbocycles. The summed E-state index contributed by atoms with van der Waals surface area (Å²) < 4.78 is 11.0. The fourth-order valence-electron chi connectivity index (χ4n) is 3.09. The molecule has 1 aromatic rings. The fraction of sp³-hybridized carbons (Fsp3) is 0.846. The number of hydrogen-bond acceptors (Lipinski definition) is 5. The van der Waals surface area contributed by atoms with Crippen molar-refractivity contribution in [3.8, 4) is 0 Å². The van der Waals surface area contributed by atoms with Gasteiger partial charge in [0.1, 0.15) is 0 Å². The molecular weight excluding hydrogens is 230 g/mol. The molecule has 3 rings (SSSR count). The number of morpholine rings is 1. The van der Waals surface area contributed by atoms with Crippen LogP contribution < -0.4 is 5.32 Å². The lowest BCUT2D eigenvalue weighted by atomic mass is 9.83. The van der Waals surface area contributed by atoms with Gasteiger partial charge in [-0.2, -0.15) is 4.98 Å². The normalized spacial score (nSPS) is 27.5. The van der Waals surface area contributed by atoms with Crippen molar-refractivity contribution in [3.05, 3.63) is 11.7 Å². The highest BCUT2D eigenvalue weighted by Crippen LogP contribution is 2.43. The average Bonchev–Trinajstić information content (AvgIpc) is 3.09. The van der Waals surface area contributed by atoms with Crippen molar-refractivity contribution < 1.29 is 9.26 Å². The molecule has 1 unspecified atom stereocenters. The van der Waals surface area contributed by atoms with Crippen molar-refractivity contribution >= 4 is 0 Å². The summed E-state index contributed by atoms with van der Waals surface area (Å²) in [5.41, 5.74) is 0.140. The third-order valence-electron chi connectivity index (χ3n) is 4.37. The second kappa shape index (κ2) is 4.97. The minimum Gasteiger partial charge on any atom is -0.378 e. The molecule has 100 valence electrons. The molecule has 2 fully saturated rings. The predicted molar refractivity (Wildman–Crippen MR) is 66.3 cm³/mol. The molecule has 0 bridgehead atoms. The number of rotatable bonds is 3. The van der Waals surface area contributed by atoms with Gasteiger partial charge in [0.2, 0.25) is 5.89 Å². The summed E-state index contributed by atoms with van der Waals surface area (Å²) in [6.45, 7) is 4.48. The zero-order valence-electron chi connectivity index (χ0n) is 10.9. The largest absolute Gasteiger partial charge is 0.378 e. The van der Waals surface area contributed by atoms with E-state index in [4.69, 9.17) is 9.26 Å². The third-order valence-corrected chi connectivity index (χ3v) is 4.37. The number of nitrogens with zero attached hydrogens (tertiary/aromatic N) is 2. The highest BCUT2D eigenvalue weighted by atomic mass is 16.5. The minimum absolute atomic E-state index is 0.0894. The minimum atomic E-state index is 0.0894. The molecule has 2 aliphatic rings. The van der Waals surface area contributed by atoms with Crippen LogP contribution >= 0.6 is 0 Å². The van der Waals surface area contributed by atoms with Gasteiger partial charge in [-0.15, -0.1) is 0 Å². The van der Waals surface area contributed by atoms with Crippen molar-refractivity contribution in [2.75, 3.05) is 19.8 Å². The van der Waals surface area contributed by atoms with Gasteiger partial charge in [0.25, 0.3) is 0 Å². The summed E-state index contributed by atoms with van der Waals surface area (Å²) in [6, 6.07) is 0.0894. The SMILES string of the molecule is CCC1(c2nc(C3COCCN3)no2)CCCC1. The standard InChI is InChI=1S/C13H21N3O2/c1-2-13(5-3-4-6-13)12-15-11(16-18-12)10-9-17-8-7-14-10/h10,14H,2-9H2,1H3. The lowest BCUT2D eigenvalue weighted by molar-refractivity contribution is 0.0734. The Morgan fingerprint density at radius 1 is 1.39 bits per heavy atom. The van der Waals surface area contributed by atoms with Crippen molar-refractivity contribution in [1.82, 2.24) is 15.5 Å². The van der Waals surface area contributed by atoms with Gasteiger partial charge in [-0.05, 0) is 19.3 Å². The van der Waals surface area contributed by atoms with Crippen LogP contribution in [0.15, 0.2) is 4.52 Å². The maximum absolute atomic E-state index is 5.54. The first kappa shape index (κ1) is 12.1. The summed E-state index contributed by atoms with van der Waals surface area (Å²) in [5.74, 6) is 1.59. The number of ether oxygens (including phenoxy) is 1. The first-order valence-electron chi connectivity index (χ1n) is 6.99. The highest BCUT2D eigenvalue weighted by Gasteiger charge is 2.39. The van der Waals surface area contributed by atoms with Crippen LogP contribution in [-0.4, -0.2) is 29.9 Å². The molecule has 1 saturated heterocycles. The maximum atomic E-state index is 5.54. The Balaban J connectivity index is 1.79. The van der Waals surface area contributed by atoms with E-state index in [1.807, 2.05) is 0 Å². The Morgan fingerprint density at radius 2 is 2.22 bits per heavy atom. The van der Waals surface area contributed by atoms with E-state index >= 15 is 0 Å². The molecule has 0 aromatic carbocycles. The molecule has 5 heteroatoms. The summed E-state index contributed by atoms with van der Waals surface area (Å²) >= 11 is 0. The van der Waals surface area contributed by atoms with E-state index in [1.54, 1.807) is 0 Å². The van der Waals surface area contributed by atoms with Gasteiger partial charge in [-0.1, -0.05) is 24.9 Å². The van der Waals surface area contributed by atoms with Gasteiger partial charge < -0.3 is 14.6 Å². The molecule has 0 amide bonds. The monoisotopic (exact) mass is 251 g/mol. The highest BCUT2D eigenvalue weighted by molar-refractivity contribution is 5.09. The van der Waals surface area contributed by atoms with Gasteiger partial charge in [0.15, 0.2) is 5.82 Å².